The minimum Gasteiger partial charge on any atom is -0.356 e. The average Bonchev–Trinajstić information content (AvgIpc) is 2.46. The molecule has 1 fully saturated rings. The highest BCUT2D eigenvalue weighted by atomic mass is 32.2. The van der Waals surface area contributed by atoms with Crippen molar-refractivity contribution >= 4 is 28.5 Å². The molecule has 106 valence electrons. The highest BCUT2D eigenvalue weighted by Gasteiger charge is 2.19. The van der Waals surface area contributed by atoms with E-state index >= 15 is 0 Å². The van der Waals surface area contributed by atoms with Crippen LogP contribution in [0.2, 0.25) is 0 Å². The highest BCUT2D eigenvalue weighted by molar-refractivity contribution is 7.98. The van der Waals surface area contributed by atoms with E-state index in [4.69, 9.17) is 5.73 Å². The lowest BCUT2D eigenvalue weighted by Crippen LogP contribution is -2.40. The van der Waals surface area contributed by atoms with Crippen LogP contribution in [0.5, 0.6) is 0 Å². The highest BCUT2D eigenvalue weighted by Crippen LogP contribution is 2.29. The molecule has 2 N–H and O–H groups in total. The molecule has 1 saturated heterocycles. The van der Waals surface area contributed by atoms with Crippen molar-refractivity contribution in [1.82, 2.24) is 9.97 Å². The Hall–Kier alpha value is -1.33. The standard InChI is InChI=1S/C15H20N4S/c1-10-17-14-9-12(20-2)3-4-13(14)15(18-10)19-7-5-11(16)6-8-19/h3-4,9,11H,5-8,16H2,1-2H3. The van der Waals surface area contributed by atoms with Gasteiger partial charge in [-0.25, -0.2) is 9.97 Å². The summed E-state index contributed by atoms with van der Waals surface area (Å²) in [5.74, 6) is 1.90. The summed E-state index contributed by atoms with van der Waals surface area (Å²) in [6, 6.07) is 6.77. The molecular weight excluding hydrogens is 268 g/mol. The first kappa shape index (κ1) is 13.6. The normalized spacial score (nSPS) is 16.9. The predicted octanol–water partition coefficient (Wildman–Crippen LogP) is 2.59. The first-order chi connectivity index (χ1) is 9.67. The van der Waals surface area contributed by atoms with Gasteiger partial charge in [0.05, 0.1) is 5.52 Å². The number of rotatable bonds is 2. The molecule has 0 radical (unpaired) electrons. The fourth-order valence-electron chi connectivity index (χ4n) is 2.69. The number of benzene rings is 1. The maximum atomic E-state index is 5.99. The molecule has 1 aliphatic rings. The van der Waals surface area contributed by atoms with Gasteiger partial charge in [-0.1, -0.05) is 0 Å². The van der Waals surface area contributed by atoms with Gasteiger partial charge in [-0.15, -0.1) is 11.8 Å². The van der Waals surface area contributed by atoms with Crippen molar-refractivity contribution in [2.45, 2.75) is 30.7 Å². The van der Waals surface area contributed by atoms with Crippen LogP contribution >= 0.6 is 11.8 Å². The van der Waals surface area contributed by atoms with Crippen LogP contribution in [0.15, 0.2) is 23.1 Å². The third-order valence-corrected chi connectivity index (χ3v) is 4.56. The fraction of sp³-hybridized carbons (Fsp3) is 0.467. The first-order valence-corrected chi connectivity index (χ1v) is 8.23. The topological polar surface area (TPSA) is 55.0 Å². The number of hydrogen-bond donors (Lipinski definition) is 1. The van der Waals surface area contributed by atoms with Gasteiger partial charge < -0.3 is 10.6 Å². The zero-order chi connectivity index (χ0) is 14.1. The van der Waals surface area contributed by atoms with E-state index in [0.29, 0.717) is 6.04 Å². The molecule has 1 aliphatic heterocycles. The van der Waals surface area contributed by atoms with Crippen molar-refractivity contribution in [3.63, 3.8) is 0 Å². The van der Waals surface area contributed by atoms with E-state index in [1.165, 1.54) is 4.90 Å². The Labute approximate surface area is 123 Å². The Morgan fingerprint density at radius 2 is 2.00 bits per heavy atom. The van der Waals surface area contributed by atoms with Crippen molar-refractivity contribution < 1.29 is 0 Å². The zero-order valence-corrected chi connectivity index (χ0v) is 12.8. The van der Waals surface area contributed by atoms with E-state index in [-0.39, 0.29) is 0 Å². The summed E-state index contributed by atoms with van der Waals surface area (Å²) < 4.78 is 0. The van der Waals surface area contributed by atoms with Crippen LogP contribution in [0.4, 0.5) is 5.82 Å². The second-order valence-corrected chi connectivity index (χ2v) is 6.18. The van der Waals surface area contributed by atoms with Crippen LogP contribution in [0.1, 0.15) is 18.7 Å². The summed E-state index contributed by atoms with van der Waals surface area (Å²) in [7, 11) is 0. The number of aromatic nitrogens is 2. The van der Waals surface area contributed by atoms with E-state index < -0.39 is 0 Å². The number of nitrogens with two attached hydrogens (primary N) is 1. The molecule has 0 aliphatic carbocycles. The molecule has 5 heteroatoms. The van der Waals surface area contributed by atoms with E-state index in [0.717, 1.165) is 48.5 Å². The molecule has 20 heavy (non-hydrogen) atoms. The molecule has 2 aromatic rings. The van der Waals surface area contributed by atoms with Crippen molar-refractivity contribution in [2.24, 2.45) is 5.73 Å². The molecule has 2 heterocycles. The van der Waals surface area contributed by atoms with Gasteiger partial charge >= 0.3 is 0 Å². The van der Waals surface area contributed by atoms with Gasteiger partial charge in [0.2, 0.25) is 0 Å². The Bertz CT molecular complexity index is 621. The van der Waals surface area contributed by atoms with Crippen LogP contribution in [-0.4, -0.2) is 35.4 Å². The van der Waals surface area contributed by atoms with Crippen LogP contribution in [0.3, 0.4) is 0 Å². The minimum absolute atomic E-state index is 0.337. The molecule has 0 spiro atoms. The fourth-order valence-corrected chi connectivity index (χ4v) is 3.12. The Balaban J connectivity index is 2.05. The predicted molar refractivity (Wildman–Crippen MR) is 85.5 cm³/mol. The summed E-state index contributed by atoms with van der Waals surface area (Å²) in [5, 5.41) is 1.14. The second kappa shape index (κ2) is 5.58. The quantitative estimate of drug-likeness (QED) is 0.861. The summed E-state index contributed by atoms with van der Waals surface area (Å²) >= 11 is 1.74. The molecule has 0 saturated carbocycles. The molecule has 3 rings (SSSR count). The summed E-state index contributed by atoms with van der Waals surface area (Å²) in [5.41, 5.74) is 7.03. The van der Waals surface area contributed by atoms with Gasteiger partial charge in [0.15, 0.2) is 0 Å². The lowest BCUT2D eigenvalue weighted by atomic mass is 10.1. The lowest BCUT2D eigenvalue weighted by Gasteiger charge is -2.31. The van der Waals surface area contributed by atoms with Crippen molar-refractivity contribution in [3.05, 3.63) is 24.0 Å². The summed E-state index contributed by atoms with van der Waals surface area (Å²) in [6.07, 6.45) is 4.16. The molecule has 1 aromatic carbocycles. The van der Waals surface area contributed by atoms with Crippen LogP contribution in [0, 0.1) is 6.92 Å². The van der Waals surface area contributed by atoms with Crippen molar-refractivity contribution in [1.29, 1.82) is 0 Å². The van der Waals surface area contributed by atoms with Crippen LogP contribution < -0.4 is 10.6 Å². The second-order valence-electron chi connectivity index (χ2n) is 5.30. The lowest BCUT2D eigenvalue weighted by molar-refractivity contribution is 0.499. The summed E-state index contributed by atoms with van der Waals surface area (Å²) in [4.78, 5) is 12.8. The minimum atomic E-state index is 0.337. The number of thioether (sulfide) groups is 1. The summed E-state index contributed by atoms with van der Waals surface area (Å²) in [6.45, 7) is 3.93. The molecule has 1 aromatic heterocycles. The Kier molecular flexibility index (Phi) is 3.81. The number of hydrogen-bond acceptors (Lipinski definition) is 5. The largest absolute Gasteiger partial charge is 0.356 e. The maximum Gasteiger partial charge on any atom is 0.140 e. The van der Waals surface area contributed by atoms with Gasteiger partial charge in [-0.2, -0.15) is 0 Å². The van der Waals surface area contributed by atoms with Crippen molar-refractivity contribution in [2.75, 3.05) is 24.2 Å². The average molecular weight is 288 g/mol. The smallest absolute Gasteiger partial charge is 0.140 e. The number of piperidine rings is 1. The number of aryl methyl sites for hydroxylation is 1. The van der Waals surface area contributed by atoms with Gasteiger partial charge in [-0.3, -0.25) is 0 Å². The third-order valence-electron chi connectivity index (χ3n) is 3.83. The van der Waals surface area contributed by atoms with Crippen molar-refractivity contribution in [3.8, 4) is 0 Å². The molecule has 0 bridgehead atoms. The molecule has 0 amide bonds. The van der Waals surface area contributed by atoms with Crippen LogP contribution in [0.25, 0.3) is 10.9 Å². The maximum absolute atomic E-state index is 5.99. The van der Waals surface area contributed by atoms with E-state index in [2.05, 4.69) is 39.3 Å². The Morgan fingerprint density at radius 3 is 2.70 bits per heavy atom. The Morgan fingerprint density at radius 1 is 1.25 bits per heavy atom. The molecule has 4 nitrogen and oxygen atoms in total. The molecular formula is C15H20N4S. The van der Waals surface area contributed by atoms with E-state index in [9.17, 15) is 0 Å². The van der Waals surface area contributed by atoms with Crippen LogP contribution in [-0.2, 0) is 0 Å². The van der Waals surface area contributed by atoms with Gasteiger partial charge in [-0.05, 0) is 44.2 Å². The number of anilines is 1. The number of nitrogens with zero attached hydrogens (tertiary/aromatic N) is 3. The molecule has 0 atom stereocenters. The zero-order valence-electron chi connectivity index (χ0n) is 12.0. The first-order valence-electron chi connectivity index (χ1n) is 7.00. The third kappa shape index (κ3) is 2.60. The number of fused-ring (bicyclic) bond motifs is 1. The van der Waals surface area contributed by atoms with E-state index in [1.807, 2.05) is 6.92 Å². The van der Waals surface area contributed by atoms with E-state index in [1.54, 1.807) is 11.8 Å². The molecule has 0 unspecified atom stereocenters. The monoisotopic (exact) mass is 288 g/mol. The SMILES string of the molecule is CSc1ccc2c(N3CCC(N)CC3)nc(C)nc2c1. The van der Waals surface area contributed by atoms with Gasteiger partial charge in [0.25, 0.3) is 0 Å². The van der Waals surface area contributed by atoms with Gasteiger partial charge in [0.1, 0.15) is 11.6 Å². The van der Waals surface area contributed by atoms with Gasteiger partial charge in [0, 0.05) is 29.4 Å².